The number of carboxylic acid groups (broad SMARTS) is 1. The third-order valence-corrected chi connectivity index (χ3v) is 5.91. The molecule has 2 aromatic heterocycles. The van der Waals surface area contributed by atoms with Gasteiger partial charge in [-0.25, -0.2) is 15.2 Å². The van der Waals surface area contributed by atoms with Crippen LogP contribution in [0.5, 0.6) is 0 Å². The van der Waals surface area contributed by atoms with E-state index in [1.54, 1.807) is 28.8 Å². The number of hydrogen-bond donors (Lipinski definition) is 2. The molecule has 3 heterocycles. The fraction of sp³-hybridized carbons (Fsp3) is 0.250. The standard InChI is InChI=1S/C24H24N6O4/c1-3-28-14-18(23(33)34)21(32)17-13-26-24(27-22(17)28)30-11-9-29(10-12-30)15(2)19(25)20(31)16-7-5-4-6-8-16/h4-8,13-14,25H,2-3,9-12H2,1H3,(H,33,34)/p+1. The third-order valence-electron chi connectivity index (χ3n) is 5.91. The lowest BCUT2D eigenvalue weighted by atomic mass is 10.0. The Morgan fingerprint density at radius 1 is 1.15 bits per heavy atom. The quantitative estimate of drug-likeness (QED) is 0.377. The van der Waals surface area contributed by atoms with Crippen LogP contribution in [0.25, 0.3) is 11.0 Å². The minimum absolute atomic E-state index is 0.114. The predicted octanol–water partition coefficient (Wildman–Crippen LogP) is 0.228. The summed E-state index contributed by atoms with van der Waals surface area (Å²) in [7, 11) is 0. The number of rotatable bonds is 7. The highest BCUT2D eigenvalue weighted by atomic mass is 16.4. The van der Waals surface area contributed by atoms with Gasteiger partial charge >= 0.3 is 5.97 Å². The number of aromatic carboxylic acids is 1. The maximum absolute atomic E-state index is 12.6. The van der Waals surface area contributed by atoms with Crippen molar-refractivity contribution >= 4 is 34.4 Å². The summed E-state index contributed by atoms with van der Waals surface area (Å²) in [6.07, 6.45) is 2.70. The zero-order chi connectivity index (χ0) is 24.4. The van der Waals surface area contributed by atoms with Crippen LogP contribution < -0.4 is 15.7 Å². The topological polar surface area (TPSA) is 134 Å². The van der Waals surface area contributed by atoms with Crippen molar-refractivity contribution in [2.24, 2.45) is 0 Å². The van der Waals surface area contributed by atoms with Gasteiger partial charge in [-0.05, 0) is 6.92 Å². The van der Waals surface area contributed by atoms with Gasteiger partial charge in [0.05, 0.1) is 5.39 Å². The molecule has 0 saturated carbocycles. The van der Waals surface area contributed by atoms with Crippen molar-refractivity contribution in [3.05, 3.63) is 76.4 Å². The molecule has 0 atom stereocenters. The van der Waals surface area contributed by atoms with Crippen LogP contribution in [-0.4, -0.2) is 68.2 Å². The average Bonchev–Trinajstić information content (AvgIpc) is 2.87. The van der Waals surface area contributed by atoms with Crippen molar-refractivity contribution in [3.8, 4) is 0 Å². The van der Waals surface area contributed by atoms with Gasteiger partial charge in [-0.3, -0.25) is 9.59 Å². The molecule has 10 nitrogen and oxygen atoms in total. The molecule has 1 aliphatic heterocycles. The van der Waals surface area contributed by atoms with E-state index in [0.29, 0.717) is 55.6 Å². The average molecular weight is 462 g/mol. The van der Waals surface area contributed by atoms with E-state index >= 15 is 0 Å². The maximum atomic E-state index is 12.6. The maximum Gasteiger partial charge on any atom is 0.341 e. The Hall–Kier alpha value is -4.34. The van der Waals surface area contributed by atoms with Gasteiger partial charge in [0.25, 0.3) is 11.5 Å². The van der Waals surface area contributed by atoms with Gasteiger partial charge in [-0.2, -0.15) is 4.98 Å². The number of anilines is 1. The smallest absolute Gasteiger partial charge is 0.341 e. The fourth-order valence-electron chi connectivity index (χ4n) is 3.93. The number of ketones is 1. The second-order valence-electron chi connectivity index (χ2n) is 7.90. The van der Waals surface area contributed by atoms with E-state index in [1.165, 1.54) is 12.4 Å². The molecule has 0 radical (unpaired) electrons. The second kappa shape index (κ2) is 9.26. The molecule has 1 aliphatic rings. The van der Waals surface area contributed by atoms with Crippen LogP contribution in [0.4, 0.5) is 5.95 Å². The normalized spacial score (nSPS) is 13.7. The van der Waals surface area contributed by atoms with Crippen LogP contribution in [0.1, 0.15) is 27.6 Å². The number of hydrogen-bond acceptors (Lipinski definition) is 7. The minimum Gasteiger partial charge on any atom is -0.477 e. The first-order valence-corrected chi connectivity index (χ1v) is 10.9. The molecular formula is C24H25N6O4+. The SMILES string of the molecule is C=C(C(=[NH2+])C(=O)c1ccccc1)N1CCN(c2ncc3c(=O)c(C(=O)O)cn(CC)c3n2)CC1. The highest BCUT2D eigenvalue weighted by Gasteiger charge is 2.28. The first kappa shape index (κ1) is 22.8. The predicted molar refractivity (Wildman–Crippen MR) is 127 cm³/mol. The number of piperazine rings is 1. The van der Waals surface area contributed by atoms with Gasteiger partial charge in [0.15, 0.2) is 0 Å². The first-order valence-electron chi connectivity index (χ1n) is 10.9. The van der Waals surface area contributed by atoms with Gasteiger partial charge < -0.3 is 19.5 Å². The van der Waals surface area contributed by atoms with Crippen molar-refractivity contribution in [1.29, 1.82) is 0 Å². The Morgan fingerprint density at radius 2 is 1.82 bits per heavy atom. The molecule has 1 aromatic carbocycles. The largest absolute Gasteiger partial charge is 0.477 e. The van der Waals surface area contributed by atoms with E-state index in [-0.39, 0.29) is 22.4 Å². The molecule has 0 bridgehead atoms. The van der Waals surface area contributed by atoms with Crippen LogP contribution in [0, 0.1) is 0 Å². The molecular weight excluding hydrogens is 436 g/mol. The van der Waals surface area contributed by atoms with Crippen LogP contribution in [-0.2, 0) is 6.54 Å². The van der Waals surface area contributed by atoms with Crippen LogP contribution in [0.2, 0.25) is 0 Å². The highest BCUT2D eigenvalue weighted by Crippen LogP contribution is 2.18. The van der Waals surface area contributed by atoms with Crippen molar-refractivity contribution in [2.75, 3.05) is 31.1 Å². The summed E-state index contributed by atoms with van der Waals surface area (Å²) in [5.41, 5.74) is 0.584. The summed E-state index contributed by atoms with van der Waals surface area (Å²) in [6.45, 7) is 8.55. The number of fused-ring (bicyclic) bond motifs is 1. The van der Waals surface area contributed by atoms with Crippen LogP contribution in [0.15, 0.2) is 59.8 Å². The summed E-state index contributed by atoms with van der Waals surface area (Å²) in [4.78, 5) is 49.4. The second-order valence-corrected chi connectivity index (χ2v) is 7.90. The minimum atomic E-state index is -1.28. The Kier molecular flexibility index (Phi) is 6.22. The number of benzene rings is 1. The summed E-state index contributed by atoms with van der Waals surface area (Å²) >= 11 is 0. The Morgan fingerprint density at radius 3 is 2.44 bits per heavy atom. The van der Waals surface area contributed by atoms with E-state index in [9.17, 15) is 19.5 Å². The Bertz CT molecular complexity index is 1360. The first-order chi connectivity index (χ1) is 16.3. The molecule has 0 spiro atoms. The lowest BCUT2D eigenvalue weighted by molar-refractivity contribution is -0.113. The molecule has 10 heteroatoms. The number of allylic oxidation sites excluding steroid dienone is 1. The number of nitrogens with zero attached hydrogens (tertiary/aromatic N) is 5. The van der Waals surface area contributed by atoms with Gasteiger partial charge in [0, 0.05) is 50.7 Å². The van der Waals surface area contributed by atoms with Gasteiger partial charge in [0.2, 0.25) is 11.4 Å². The van der Waals surface area contributed by atoms with Gasteiger partial charge in [0.1, 0.15) is 16.9 Å². The van der Waals surface area contributed by atoms with Gasteiger partial charge in [-0.15, -0.1) is 0 Å². The lowest BCUT2D eigenvalue weighted by Crippen LogP contribution is -2.53. The zero-order valence-electron chi connectivity index (χ0n) is 18.8. The van der Waals surface area contributed by atoms with Crippen molar-refractivity contribution in [2.45, 2.75) is 13.5 Å². The third kappa shape index (κ3) is 4.17. The molecule has 1 fully saturated rings. The van der Waals surface area contributed by atoms with Gasteiger partial charge in [-0.1, -0.05) is 36.9 Å². The van der Waals surface area contributed by atoms with E-state index in [4.69, 9.17) is 5.41 Å². The van der Waals surface area contributed by atoms with Crippen molar-refractivity contribution in [1.82, 2.24) is 19.4 Å². The molecule has 0 unspecified atom stereocenters. The molecule has 174 valence electrons. The molecule has 0 amide bonds. The monoisotopic (exact) mass is 461 g/mol. The number of nitrogens with two attached hydrogens (primary N) is 1. The highest BCUT2D eigenvalue weighted by molar-refractivity contribution is 6.48. The number of aryl methyl sites for hydroxylation is 1. The molecule has 34 heavy (non-hydrogen) atoms. The summed E-state index contributed by atoms with van der Waals surface area (Å²) < 4.78 is 1.63. The van der Waals surface area contributed by atoms with E-state index < -0.39 is 11.4 Å². The van der Waals surface area contributed by atoms with E-state index in [0.717, 1.165) is 0 Å². The van der Waals surface area contributed by atoms with E-state index in [1.807, 2.05) is 22.8 Å². The Labute approximate surface area is 195 Å². The number of Topliss-reactive ketones (excluding diaryl/α,β-unsaturated/α-hetero) is 1. The van der Waals surface area contributed by atoms with Crippen molar-refractivity contribution < 1.29 is 20.1 Å². The fourth-order valence-corrected chi connectivity index (χ4v) is 3.93. The molecule has 4 rings (SSSR count). The molecule has 0 aliphatic carbocycles. The summed E-state index contributed by atoms with van der Waals surface area (Å²) in [5.74, 6) is -1.10. The zero-order valence-corrected chi connectivity index (χ0v) is 18.8. The Balaban J connectivity index is 1.50. The summed E-state index contributed by atoms with van der Waals surface area (Å²) in [5, 5.41) is 15.6. The number of carbonyl (C=O) groups is 2. The van der Waals surface area contributed by atoms with E-state index in [2.05, 4.69) is 16.5 Å². The van der Waals surface area contributed by atoms with Crippen LogP contribution >= 0.6 is 0 Å². The molecule has 3 aromatic rings. The van der Waals surface area contributed by atoms with Crippen LogP contribution in [0.3, 0.4) is 0 Å². The lowest BCUT2D eigenvalue weighted by Gasteiger charge is -2.36. The molecule has 3 N–H and O–H groups in total. The summed E-state index contributed by atoms with van der Waals surface area (Å²) in [6, 6.07) is 8.83. The number of carbonyl (C=O) groups excluding carboxylic acids is 1. The number of pyridine rings is 1. The number of carboxylic acids is 1. The van der Waals surface area contributed by atoms with Crippen molar-refractivity contribution in [3.63, 3.8) is 0 Å². The number of aromatic nitrogens is 3. The molecule has 1 saturated heterocycles.